The molecule has 0 saturated heterocycles. The van der Waals surface area contributed by atoms with Gasteiger partial charge in [0, 0.05) is 5.56 Å². The smallest absolute Gasteiger partial charge is 0.416 e. The van der Waals surface area contributed by atoms with Gasteiger partial charge in [0.05, 0.1) is 11.1 Å². The van der Waals surface area contributed by atoms with Crippen molar-refractivity contribution in [2.24, 2.45) is 0 Å². The first-order valence-corrected chi connectivity index (χ1v) is 6.97. The Hall–Kier alpha value is -2.51. The molecule has 2 aromatic rings. The molecule has 2 aromatic carbocycles. The van der Waals surface area contributed by atoms with Crippen molar-refractivity contribution in [2.45, 2.75) is 25.9 Å². The summed E-state index contributed by atoms with van der Waals surface area (Å²) in [6, 6.07) is 5.69. The first-order chi connectivity index (χ1) is 11.5. The molecular formula is C17H12F6O2. The van der Waals surface area contributed by atoms with Gasteiger partial charge >= 0.3 is 12.4 Å². The maximum atomic E-state index is 12.8. The fourth-order valence-corrected chi connectivity index (χ4v) is 2.20. The molecule has 0 aliphatic rings. The Morgan fingerprint density at radius 2 is 1.44 bits per heavy atom. The van der Waals surface area contributed by atoms with Gasteiger partial charge in [-0.05, 0) is 54.4 Å². The molecule has 0 aliphatic heterocycles. The van der Waals surface area contributed by atoms with Gasteiger partial charge in [0.15, 0.2) is 0 Å². The van der Waals surface area contributed by atoms with Crippen LogP contribution < -0.4 is 4.74 Å². The summed E-state index contributed by atoms with van der Waals surface area (Å²) in [7, 11) is 0. The maximum absolute atomic E-state index is 12.8. The summed E-state index contributed by atoms with van der Waals surface area (Å²) in [4.78, 5) is 10.8. The number of carbonyl (C=O) groups is 1. The molecule has 2 rings (SSSR count). The molecule has 0 aliphatic carbocycles. The standard InChI is InChI=1S/C17H12F6O2/c1-10-2-11(8-24)6-15(3-10)25-9-12-4-13(16(18,19)20)7-14(5-12)17(21,22)23/h2-8H,9H2,1H3. The van der Waals surface area contributed by atoms with Crippen LogP contribution in [0.3, 0.4) is 0 Å². The van der Waals surface area contributed by atoms with Gasteiger partial charge < -0.3 is 4.74 Å². The Balaban J connectivity index is 2.33. The van der Waals surface area contributed by atoms with Crippen LogP contribution in [0.25, 0.3) is 0 Å². The van der Waals surface area contributed by atoms with Gasteiger partial charge in [-0.15, -0.1) is 0 Å². The van der Waals surface area contributed by atoms with Crippen molar-refractivity contribution in [3.8, 4) is 5.75 Å². The SMILES string of the molecule is Cc1cc(C=O)cc(OCc2cc(C(F)(F)F)cc(C(F)(F)F)c2)c1. The molecule has 0 saturated carbocycles. The van der Waals surface area contributed by atoms with Crippen molar-refractivity contribution in [1.82, 2.24) is 0 Å². The highest BCUT2D eigenvalue weighted by Crippen LogP contribution is 2.36. The van der Waals surface area contributed by atoms with Crippen LogP contribution in [-0.2, 0) is 19.0 Å². The molecule has 0 spiro atoms. The number of carbonyl (C=O) groups excluding carboxylic acids is 1. The molecule has 0 atom stereocenters. The zero-order valence-corrected chi connectivity index (χ0v) is 12.8. The van der Waals surface area contributed by atoms with Crippen molar-refractivity contribution in [2.75, 3.05) is 0 Å². The maximum Gasteiger partial charge on any atom is 0.416 e. The number of aryl methyl sites for hydroxylation is 1. The summed E-state index contributed by atoms with van der Waals surface area (Å²) < 4.78 is 82.1. The van der Waals surface area contributed by atoms with E-state index in [4.69, 9.17) is 4.74 Å². The number of benzene rings is 2. The summed E-state index contributed by atoms with van der Waals surface area (Å²) in [6.45, 7) is 1.17. The van der Waals surface area contributed by atoms with Gasteiger partial charge in [0.2, 0.25) is 0 Å². The second kappa shape index (κ2) is 6.78. The van der Waals surface area contributed by atoms with Crippen molar-refractivity contribution >= 4 is 6.29 Å². The fourth-order valence-electron chi connectivity index (χ4n) is 2.20. The molecule has 0 amide bonds. The molecule has 2 nitrogen and oxygen atoms in total. The van der Waals surface area contributed by atoms with Gasteiger partial charge in [-0.3, -0.25) is 4.79 Å². The van der Waals surface area contributed by atoms with Crippen LogP contribution in [0.2, 0.25) is 0 Å². The normalized spacial score (nSPS) is 12.1. The lowest BCUT2D eigenvalue weighted by Gasteiger charge is -2.15. The minimum absolute atomic E-state index is 0.0562. The van der Waals surface area contributed by atoms with E-state index in [2.05, 4.69) is 0 Å². The lowest BCUT2D eigenvalue weighted by molar-refractivity contribution is -0.143. The van der Waals surface area contributed by atoms with Crippen LogP contribution in [0.15, 0.2) is 36.4 Å². The zero-order valence-electron chi connectivity index (χ0n) is 12.8. The molecular weight excluding hydrogens is 350 g/mol. The van der Waals surface area contributed by atoms with E-state index in [1.54, 1.807) is 13.0 Å². The quantitative estimate of drug-likeness (QED) is 0.536. The predicted molar refractivity (Wildman–Crippen MR) is 77.3 cm³/mol. The summed E-state index contributed by atoms with van der Waals surface area (Å²) in [5, 5.41) is 0. The van der Waals surface area contributed by atoms with E-state index in [0.717, 1.165) is 0 Å². The first-order valence-electron chi connectivity index (χ1n) is 6.97. The Kier molecular flexibility index (Phi) is 5.10. The molecule has 134 valence electrons. The first kappa shape index (κ1) is 18.8. The van der Waals surface area contributed by atoms with Gasteiger partial charge in [0.1, 0.15) is 18.6 Å². The van der Waals surface area contributed by atoms with E-state index in [1.165, 1.54) is 12.1 Å². The van der Waals surface area contributed by atoms with Crippen LogP contribution in [-0.4, -0.2) is 6.29 Å². The molecule has 8 heteroatoms. The minimum Gasteiger partial charge on any atom is -0.489 e. The predicted octanol–water partition coefficient (Wildman–Crippen LogP) is 5.42. The number of hydrogen-bond donors (Lipinski definition) is 0. The highest BCUT2D eigenvalue weighted by Gasteiger charge is 2.36. The third kappa shape index (κ3) is 4.98. The summed E-state index contributed by atoms with van der Waals surface area (Å²) in [5.41, 5.74) is -2.14. The van der Waals surface area contributed by atoms with E-state index in [-0.39, 0.29) is 22.9 Å². The van der Waals surface area contributed by atoms with Crippen LogP contribution in [0, 0.1) is 6.92 Å². The summed E-state index contributed by atoms with van der Waals surface area (Å²) in [6.07, 6.45) is -9.26. The van der Waals surface area contributed by atoms with Crippen LogP contribution in [0.4, 0.5) is 26.3 Å². The van der Waals surface area contributed by atoms with Gasteiger partial charge in [-0.1, -0.05) is 0 Å². The second-order valence-electron chi connectivity index (χ2n) is 5.40. The lowest BCUT2D eigenvalue weighted by atomic mass is 10.1. The van der Waals surface area contributed by atoms with Gasteiger partial charge in [0.25, 0.3) is 0 Å². The third-order valence-electron chi connectivity index (χ3n) is 3.26. The Labute approximate surface area is 139 Å². The second-order valence-corrected chi connectivity index (χ2v) is 5.40. The molecule has 25 heavy (non-hydrogen) atoms. The minimum atomic E-state index is -4.91. The molecule has 0 N–H and O–H groups in total. The highest BCUT2D eigenvalue weighted by atomic mass is 19.4. The van der Waals surface area contributed by atoms with Gasteiger partial charge in [-0.2, -0.15) is 26.3 Å². The number of hydrogen-bond acceptors (Lipinski definition) is 2. The fraction of sp³-hybridized carbons (Fsp3) is 0.235. The number of rotatable bonds is 4. The Morgan fingerprint density at radius 1 is 0.880 bits per heavy atom. The average molecular weight is 362 g/mol. The van der Waals surface area contributed by atoms with Gasteiger partial charge in [-0.25, -0.2) is 0 Å². The van der Waals surface area contributed by atoms with Crippen molar-refractivity contribution < 1.29 is 35.9 Å². The number of alkyl halides is 6. The van der Waals surface area contributed by atoms with Crippen LogP contribution in [0.5, 0.6) is 5.75 Å². The average Bonchev–Trinajstić information content (AvgIpc) is 2.50. The number of ether oxygens (including phenoxy) is 1. The summed E-state index contributed by atoms with van der Waals surface area (Å²) in [5.74, 6) is 0.174. The zero-order chi connectivity index (χ0) is 18.8. The molecule has 0 bridgehead atoms. The lowest BCUT2D eigenvalue weighted by Crippen LogP contribution is -2.12. The monoisotopic (exact) mass is 362 g/mol. The van der Waals surface area contributed by atoms with E-state index in [1.807, 2.05) is 0 Å². The van der Waals surface area contributed by atoms with E-state index >= 15 is 0 Å². The van der Waals surface area contributed by atoms with Crippen molar-refractivity contribution in [3.05, 3.63) is 64.2 Å². The largest absolute Gasteiger partial charge is 0.489 e. The number of halogens is 6. The van der Waals surface area contributed by atoms with Crippen molar-refractivity contribution in [3.63, 3.8) is 0 Å². The Bertz CT molecular complexity index is 745. The highest BCUT2D eigenvalue weighted by molar-refractivity contribution is 5.76. The molecule has 0 fully saturated rings. The van der Waals surface area contributed by atoms with Crippen LogP contribution in [0.1, 0.15) is 32.6 Å². The molecule has 0 aromatic heterocycles. The summed E-state index contributed by atoms with van der Waals surface area (Å²) >= 11 is 0. The van der Waals surface area contributed by atoms with E-state index in [0.29, 0.717) is 24.0 Å². The molecule has 0 unspecified atom stereocenters. The number of aldehydes is 1. The molecule has 0 heterocycles. The molecule has 0 radical (unpaired) electrons. The van der Waals surface area contributed by atoms with E-state index < -0.39 is 30.1 Å². The third-order valence-corrected chi connectivity index (χ3v) is 3.26. The van der Waals surface area contributed by atoms with Crippen LogP contribution >= 0.6 is 0 Å². The topological polar surface area (TPSA) is 26.3 Å². The van der Waals surface area contributed by atoms with E-state index in [9.17, 15) is 31.1 Å². The Morgan fingerprint density at radius 3 is 1.92 bits per heavy atom. The van der Waals surface area contributed by atoms with Crippen molar-refractivity contribution in [1.29, 1.82) is 0 Å².